The summed E-state index contributed by atoms with van der Waals surface area (Å²) in [6.45, 7) is -0.0378. The van der Waals surface area contributed by atoms with Crippen LogP contribution >= 0.6 is 15.9 Å². The van der Waals surface area contributed by atoms with Crippen LogP contribution in [0.5, 0.6) is 0 Å². The molecule has 0 saturated heterocycles. The van der Waals surface area contributed by atoms with E-state index in [2.05, 4.69) is 15.9 Å². The van der Waals surface area contributed by atoms with Crippen LogP contribution in [-0.4, -0.2) is 38.2 Å². The second-order valence-corrected chi connectivity index (χ2v) is 7.96. The fourth-order valence-electron chi connectivity index (χ4n) is 2.80. The third-order valence-electron chi connectivity index (χ3n) is 3.74. The van der Waals surface area contributed by atoms with E-state index in [1.54, 1.807) is 0 Å². The summed E-state index contributed by atoms with van der Waals surface area (Å²) in [5.41, 5.74) is 5.88. The molecule has 0 spiro atoms. The zero-order valence-electron chi connectivity index (χ0n) is 10.0. The summed E-state index contributed by atoms with van der Waals surface area (Å²) >= 11 is 3.34. The Bertz CT molecular complexity index is 537. The number of nitrogens with two attached hydrogens (primary N) is 1. The van der Waals surface area contributed by atoms with E-state index in [0.29, 0.717) is 0 Å². The normalized spacial score (nSPS) is 31.3. The van der Waals surface area contributed by atoms with E-state index in [0.717, 1.165) is 10.0 Å². The van der Waals surface area contributed by atoms with Gasteiger partial charge in [-0.2, -0.15) is 0 Å². The number of hydrogen-bond donors (Lipinski definition) is 2. The molecule has 0 radical (unpaired) electrons. The molecule has 4 nitrogen and oxygen atoms in total. The maximum atomic E-state index is 11.8. The maximum Gasteiger partial charge on any atom is 0.151 e. The van der Waals surface area contributed by atoms with Crippen molar-refractivity contribution in [1.82, 2.24) is 0 Å². The molecule has 1 aromatic carbocycles. The fourth-order valence-corrected chi connectivity index (χ4v) is 5.08. The molecular weight excluding hydrogens is 318 g/mol. The van der Waals surface area contributed by atoms with E-state index in [1.807, 2.05) is 24.3 Å². The smallest absolute Gasteiger partial charge is 0.151 e. The standard InChI is InChI=1S/C12H16BrNO3S/c1-18(16,17)11-10(12(11,6-14)7-15)8-2-4-9(13)5-3-8/h2-5,10-11,15H,6-7,14H2,1H3/t10-,11+,12+/m0/s1. The first kappa shape index (κ1) is 14.0. The molecule has 1 aromatic rings. The lowest BCUT2D eigenvalue weighted by Gasteiger charge is -2.11. The van der Waals surface area contributed by atoms with Crippen LogP contribution in [0, 0.1) is 5.41 Å². The number of rotatable bonds is 4. The number of aliphatic hydroxyl groups excluding tert-OH is 1. The molecule has 0 heterocycles. The molecular formula is C12H16BrNO3S. The van der Waals surface area contributed by atoms with E-state index in [-0.39, 0.29) is 19.1 Å². The predicted molar refractivity (Wildman–Crippen MR) is 74.1 cm³/mol. The largest absolute Gasteiger partial charge is 0.396 e. The first-order valence-corrected chi connectivity index (χ1v) is 8.37. The molecule has 18 heavy (non-hydrogen) atoms. The Morgan fingerprint density at radius 2 is 1.94 bits per heavy atom. The minimum Gasteiger partial charge on any atom is -0.396 e. The minimum absolute atomic E-state index is 0.169. The molecule has 2 rings (SSSR count). The van der Waals surface area contributed by atoms with Gasteiger partial charge in [-0.3, -0.25) is 0 Å². The summed E-state index contributed by atoms with van der Waals surface area (Å²) in [7, 11) is -3.22. The molecule has 0 amide bonds. The molecule has 1 aliphatic carbocycles. The number of benzene rings is 1. The summed E-state index contributed by atoms with van der Waals surface area (Å²) in [5.74, 6) is -0.212. The Morgan fingerprint density at radius 3 is 2.28 bits per heavy atom. The van der Waals surface area contributed by atoms with E-state index in [1.165, 1.54) is 6.26 Å². The van der Waals surface area contributed by atoms with E-state index < -0.39 is 20.5 Å². The lowest BCUT2D eigenvalue weighted by molar-refractivity contribution is 0.212. The Labute approximate surface area is 115 Å². The number of aliphatic hydroxyl groups is 1. The highest BCUT2D eigenvalue weighted by Gasteiger charge is 2.68. The van der Waals surface area contributed by atoms with E-state index in [4.69, 9.17) is 5.73 Å². The summed E-state index contributed by atoms with van der Waals surface area (Å²) < 4.78 is 24.5. The fraction of sp³-hybridized carbons (Fsp3) is 0.500. The lowest BCUT2D eigenvalue weighted by atomic mass is 10.0. The van der Waals surface area contributed by atoms with Crippen LogP contribution in [0.2, 0.25) is 0 Å². The highest BCUT2D eigenvalue weighted by atomic mass is 79.9. The van der Waals surface area contributed by atoms with Crippen molar-refractivity contribution in [3.05, 3.63) is 34.3 Å². The molecule has 0 unspecified atom stereocenters. The first-order chi connectivity index (χ1) is 8.36. The predicted octanol–water partition coefficient (Wildman–Crippen LogP) is 0.897. The number of hydrogen-bond acceptors (Lipinski definition) is 4. The molecule has 1 aliphatic rings. The second-order valence-electron chi connectivity index (χ2n) is 4.87. The monoisotopic (exact) mass is 333 g/mol. The van der Waals surface area contributed by atoms with Gasteiger partial charge < -0.3 is 10.8 Å². The Kier molecular flexibility index (Phi) is 3.57. The maximum absolute atomic E-state index is 11.8. The molecule has 3 N–H and O–H groups in total. The van der Waals surface area contributed by atoms with Gasteiger partial charge in [0.15, 0.2) is 9.84 Å². The molecule has 6 heteroatoms. The molecule has 100 valence electrons. The molecule has 0 aromatic heterocycles. The molecule has 0 bridgehead atoms. The van der Waals surface area contributed by atoms with Gasteiger partial charge >= 0.3 is 0 Å². The van der Waals surface area contributed by atoms with Crippen molar-refractivity contribution in [2.45, 2.75) is 11.2 Å². The van der Waals surface area contributed by atoms with Crippen molar-refractivity contribution in [3.63, 3.8) is 0 Å². The van der Waals surface area contributed by atoms with Gasteiger partial charge in [-0.05, 0) is 17.7 Å². The topological polar surface area (TPSA) is 80.4 Å². The SMILES string of the molecule is CS(=O)(=O)[C@@H]1[C@H](c2ccc(Br)cc2)[C@@]1(CN)CO. The van der Waals surface area contributed by atoms with Gasteiger partial charge in [0.1, 0.15) is 0 Å². The summed E-state index contributed by atoms with van der Waals surface area (Å²) in [5, 5.41) is 8.94. The van der Waals surface area contributed by atoms with Crippen molar-refractivity contribution in [3.8, 4) is 0 Å². The molecule has 1 fully saturated rings. The van der Waals surface area contributed by atoms with Gasteiger partial charge in [-0.25, -0.2) is 8.42 Å². The van der Waals surface area contributed by atoms with Crippen LogP contribution in [0.25, 0.3) is 0 Å². The van der Waals surface area contributed by atoms with Crippen molar-refractivity contribution >= 4 is 25.8 Å². The van der Waals surface area contributed by atoms with Crippen LogP contribution in [0.4, 0.5) is 0 Å². The average Bonchev–Trinajstić information content (AvgIpc) is 3.00. The number of sulfone groups is 1. The van der Waals surface area contributed by atoms with Crippen LogP contribution < -0.4 is 5.73 Å². The zero-order valence-corrected chi connectivity index (χ0v) is 12.4. The summed E-state index contributed by atoms with van der Waals surface area (Å²) in [4.78, 5) is 0. The molecule has 3 atom stereocenters. The zero-order chi connectivity index (χ0) is 13.6. The quantitative estimate of drug-likeness (QED) is 0.857. The van der Waals surface area contributed by atoms with Gasteiger partial charge in [-0.15, -0.1) is 0 Å². The van der Waals surface area contributed by atoms with Crippen molar-refractivity contribution < 1.29 is 13.5 Å². The van der Waals surface area contributed by atoms with Crippen LogP contribution in [-0.2, 0) is 9.84 Å². The van der Waals surface area contributed by atoms with Gasteiger partial charge in [0.25, 0.3) is 0 Å². The first-order valence-electron chi connectivity index (χ1n) is 5.62. The van der Waals surface area contributed by atoms with Crippen molar-refractivity contribution in [2.75, 3.05) is 19.4 Å². The molecule has 1 saturated carbocycles. The van der Waals surface area contributed by atoms with Gasteiger partial charge in [0, 0.05) is 28.6 Å². The second kappa shape index (κ2) is 4.59. The van der Waals surface area contributed by atoms with Crippen molar-refractivity contribution in [1.29, 1.82) is 0 Å². The van der Waals surface area contributed by atoms with E-state index in [9.17, 15) is 13.5 Å². The Balaban J connectivity index is 2.41. The number of halogens is 1. The average molecular weight is 334 g/mol. The molecule has 0 aliphatic heterocycles. The van der Waals surface area contributed by atoms with Crippen molar-refractivity contribution in [2.24, 2.45) is 11.1 Å². The van der Waals surface area contributed by atoms with Gasteiger partial charge in [-0.1, -0.05) is 28.1 Å². The van der Waals surface area contributed by atoms with Crippen LogP contribution in [0.3, 0.4) is 0 Å². The van der Waals surface area contributed by atoms with Gasteiger partial charge in [0.2, 0.25) is 0 Å². The lowest BCUT2D eigenvalue weighted by Crippen LogP contribution is -2.27. The summed E-state index contributed by atoms with van der Waals surface area (Å²) in [6, 6.07) is 7.48. The Morgan fingerprint density at radius 1 is 1.39 bits per heavy atom. The highest BCUT2D eigenvalue weighted by Crippen LogP contribution is 2.61. The van der Waals surface area contributed by atoms with Gasteiger partial charge in [0.05, 0.1) is 11.9 Å². The van der Waals surface area contributed by atoms with E-state index >= 15 is 0 Å². The summed E-state index contributed by atoms with van der Waals surface area (Å²) in [6.07, 6.45) is 1.20. The third-order valence-corrected chi connectivity index (χ3v) is 5.94. The Hall–Kier alpha value is -0.430. The third kappa shape index (κ3) is 2.11. The van der Waals surface area contributed by atoms with Crippen LogP contribution in [0.1, 0.15) is 11.5 Å². The highest BCUT2D eigenvalue weighted by molar-refractivity contribution is 9.10. The minimum atomic E-state index is -3.22. The van der Waals surface area contributed by atoms with Crippen LogP contribution in [0.15, 0.2) is 28.7 Å².